The van der Waals surface area contributed by atoms with E-state index in [2.05, 4.69) is 25.5 Å². The molecule has 0 unspecified atom stereocenters. The van der Waals surface area contributed by atoms with Gasteiger partial charge in [-0.2, -0.15) is 14.7 Å². The van der Waals surface area contributed by atoms with Crippen LogP contribution in [0.1, 0.15) is 5.01 Å². The third kappa shape index (κ3) is 3.43. The summed E-state index contributed by atoms with van der Waals surface area (Å²) in [7, 11) is 1.64. The molecule has 8 nitrogen and oxygen atoms in total. The number of aromatic amines is 1. The molecule has 5 aromatic rings. The highest BCUT2D eigenvalue weighted by atomic mass is 32.1. The van der Waals surface area contributed by atoms with E-state index in [1.165, 1.54) is 11.3 Å². The van der Waals surface area contributed by atoms with Gasteiger partial charge in [-0.1, -0.05) is 29.5 Å². The van der Waals surface area contributed by atoms with Gasteiger partial charge in [0.1, 0.15) is 23.8 Å². The normalized spacial score (nSPS) is 11.1. The molecule has 0 saturated heterocycles. The zero-order valence-corrected chi connectivity index (χ0v) is 16.3. The SMILES string of the molecule is COc1ccc(-c2cc(-c3nnc4sc(COc5ccccc5)nn34)[nH]n2)cc1. The second kappa shape index (κ2) is 7.36. The Bertz CT molecular complexity index is 1240. The van der Waals surface area contributed by atoms with Crippen molar-refractivity contribution < 1.29 is 9.47 Å². The predicted molar refractivity (Wildman–Crippen MR) is 109 cm³/mol. The monoisotopic (exact) mass is 404 g/mol. The minimum absolute atomic E-state index is 0.373. The lowest BCUT2D eigenvalue weighted by atomic mass is 10.1. The first-order valence-corrected chi connectivity index (χ1v) is 9.71. The van der Waals surface area contributed by atoms with Crippen molar-refractivity contribution in [3.8, 4) is 34.3 Å². The summed E-state index contributed by atoms with van der Waals surface area (Å²) >= 11 is 1.44. The van der Waals surface area contributed by atoms with Crippen LogP contribution in [0.3, 0.4) is 0 Å². The maximum Gasteiger partial charge on any atom is 0.235 e. The molecule has 3 heterocycles. The maximum atomic E-state index is 5.77. The number of benzene rings is 2. The molecule has 5 rings (SSSR count). The lowest BCUT2D eigenvalue weighted by Gasteiger charge is -2.02. The van der Waals surface area contributed by atoms with E-state index in [1.807, 2.05) is 60.7 Å². The van der Waals surface area contributed by atoms with Crippen molar-refractivity contribution >= 4 is 16.3 Å². The highest BCUT2D eigenvalue weighted by molar-refractivity contribution is 7.16. The molecule has 0 bridgehead atoms. The van der Waals surface area contributed by atoms with Crippen LogP contribution in [0.2, 0.25) is 0 Å². The number of nitrogens with zero attached hydrogens (tertiary/aromatic N) is 5. The molecule has 29 heavy (non-hydrogen) atoms. The molecule has 2 aromatic carbocycles. The Morgan fingerprint density at radius 3 is 2.62 bits per heavy atom. The van der Waals surface area contributed by atoms with Gasteiger partial charge in [-0.05, 0) is 42.5 Å². The van der Waals surface area contributed by atoms with Crippen molar-refractivity contribution in [3.63, 3.8) is 0 Å². The molecular weight excluding hydrogens is 388 g/mol. The summed E-state index contributed by atoms with van der Waals surface area (Å²) in [4.78, 5) is 0.701. The Morgan fingerprint density at radius 1 is 1.00 bits per heavy atom. The minimum atomic E-state index is 0.373. The summed E-state index contributed by atoms with van der Waals surface area (Å²) in [5, 5.41) is 21.3. The van der Waals surface area contributed by atoms with Crippen LogP contribution in [0.25, 0.3) is 27.7 Å². The molecule has 0 amide bonds. The highest BCUT2D eigenvalue weighted by Gasteiger charge is 2.16. The molecular formula is C20H16N6O2S. The van der Waals surface area contributed by atoms with Gasteiger partial charge >= 0.3 is 0 Å². The molecule has 0 aliphatic heterocycles. The zero-order chi connectivity index (χ0) is 19.6. The van der Waals surface area contributed by atoms with Gasteiger partial charge in [0.2, 0.25) is 10.8 Å². The van der Waals surface area contributed by atoms with Gasteiger partial charge in [0.05, 0.1) is 12.8 Å². The van der Waals surface area contributed by atoms with Crippen molar-refractivity contribution in [2.45, 2.75) is 6.61 Å². The van der Waals surface area contributed by atoms with E-state index in [0.29, 0.717) is 17.4 Å². The molecule has 0 fully saturated rings. The van der Waals surface area contributed by atoms with Crippen LogP contribution >= 0.6 is 11.3 Å². The fraction of sp³-hybridized carbons (Fsp3) is 0.100. The van der Waals surface area contributed by atoms with Crippen molar-refractivity contribution in [2.24, 2.45) is 0 Å². The largest absolute Gasteiger partial charge is 0.497 e. The molecule has 9 heteroatoms. The highest BCUT2D eigenvalue weighted by Crippen LogP contribution is 2.26. The number of hydrogen-bond acceptors (Lipinski definition) is 7. The summed E-state index contributed by atoms with van der Waals surface area (Å²) in [6.45, 7) is 0.373. The summed E-state index contributed by atoms with van der Waals surface area (Å²) in [5.41, 5.74) is 2.52. The molecule has 0 aliphatic rings. The molecule has 0 saturated carbocycles. The van der Waals surface area contributed by atoms with E-state index in [-0.39, 0.29) is 0 Å². The van der Waals surface area contributed by atoms with Gasteiger partial charge in [-0.3, -0.25) is 5.10 Å². The molecule has 0 atom stereocenters. The number of ether oxygens (including phenoxy) is 2. The number of para-hydroxylation sites is 1. The summed E-state index contributed by atoms with van der Waals surface area (Å²) in [5.74, 6) is 2.21. The summed E-state index contributed by atoms with van der Waals surface area (Å²) < 4.78 is 12.7. The van der Waals surface area contributed by atoms with Gasteiger partial charge in [-0.15, -0.1) is 10.2 Å². The van der Waals surface area contributed by atoms with Gasteiger partial charge in [0.25, 0.3) is 0 Å². The van der Waals surface area contributed by atoms with Gasteiger partial charge < -0.3 is 9.47 Å². The van der Waals surface area contributed by atoms with Crippen molar-refractivity contribution in [1.82, 2.24) is 30.0 Å². The molecule has 144 valence electrons. The molecule has 0 spiro atoms. The van der Waals surface area contributed by atoms with E-state index in [1.54, 1.807) is 11.6 Å². The topological polar surface area (TPSA) is 90.2 Å². The van der Waals surface area contributed by atoms with E-state index >= 15 is 0 Å². The first-order chi connectivity index (χ1) is 14.3. The first kappa shape index (κ1) is 17.4. The third-order valence-corrected chi connectivity index (χ3v) is 5.22. The number of fused-ring (bicyclic) bond motifs is 1. The summed E-state index contributed by atoms with van der Waals surface area (Å²) in [6, 6.07) is 19.3. The fourth-order valence-electron chi connectivity index (χ4n) is 2.89. The Balaban J connectivity index is 1.39. The Hall–Kier alpha value is -3.72. The van der Waals surface area contributed by atoms with Crippen LogP contribution < -0.4 is 9.47 Å². The van der Waals surface area contributed by atoms with Crippen LogP contribution in [0.15, 0.2) is 60.7 Å². The third-order valence-electron chi connectivity index (χ3n) is 4.34. The van der Waals surface area contributed by atoms with Crippen LogP contribution in [0.5, 0.6) is 11.5 Å². The number of rotatable bonds is 6. The van der Waals surface area contributed by atoms with Crippen molar-refractivity contribution in [2.75, 3.05) is 7.11 Å². The standard InChI is InChI=1S/C20H16N6O2S/c1-27-14-9-7-13(8-10-14)16-11-17(22-21-16)19-23-24-20-26(19)25-18(29-20)12-28-15-5-3-2-4-6-15/h2-11H,12H2,1H3,(H,21,22). The first-order valence-electron chi connectivity index (χ1n) is 8.89. The lowest BCUT2D eigenvalue weighted by Crippen LogP contribution is -1.97. The zero-order valence-electron chi connectivity index (χ0n) is 15.4. The molecule has 1 N–H and O–H groups in total. The van der Waals surface area contributed by atoms with E-state index in [0.717, 1.165) is 33.5 Å². The van der Waals surface area contributed by atoms with E-state index in [4.69, 9.17) is 9.47 Å². The molecule has 3 aromatic heterocycles. The quantitative estimate of drug-likeness (QED) is 0.463. The predicted octanol–water partition coefficient (Wildman–Crippen LogP) is 3.83. The Labute approximate surface area is 169 Å². The van der Waals surface area contributed by atoms with Crippen LogP contribution in [-0.4, -0.2) is 37.1 Å². The van der Waals surface area contributed by atoms with Crippen LogP contribution in [0.4, 0.5) is 0 Å². The minimum Gasteiger partial charge on any atom is -0.497 e. The smallest absolute Gasteiger partial charge is 0.235 e. The average molecular weight is 404 g/mol. The number of methoxy groups -OCH3 is 1. The van der Waals surface area contributed by atoms with E-state index in [9.17, 15) is 0 Å². The average Bonchev–Trinajstić information content (AvgIpc) is 3.49. The number of aromatic nitrogens is 6. The van der Waals surface area contributed by atoms with Gasteiger partial charge in [-0.25, -0.2) is 0 Å². The van der Waals surface area contributed by atoms with Crippen LogP contribution in [-0.2, 0) is 6.61 Å². The second-order valence-corrected chi connectivity index (χ2v) is 7.25. The molecule has 0 radical (unpaired) electrons. The van der Waals surface area contributed by atoms with Crippen molar-refractivity contribution in [1.29, 1.82) is 0 Å². The summed E-state index contributed by atoms with van der Waals surface area (Å²) in [6.07, 6.45) is 0. The fourth-order valence-corrected chi connectivity index (χ4v) is 3.64. The van der Waals surface area contributed by atoms with Crippen LogP contribution in [0, 0.1) is 0 Å². The number of H-pyrrole nitrogens is 1. The Morgan fingerprint density at radius 2 is 1.83 bits per heavy atom. The van der Waals surface area contributed by atoms with E-state index < -0.39 is 0 Å². The number of hydrogen-bond donors (Lipinski definition) is 1. The Kier molecular flexibility index (Phi) is 4.41. The van der Waals surface area contributed by atoms with Crippen molar-refractivity contribution in [3.05, 3.63) is 65.7 Å². The molecule has 0 aliphatic carbocycles. The maximum absolute atomic E-state index is 5.77. The number of nitrogens with one attached hydrogen (secondary N) is 1. The lowest BCUT2D eigenvalue weighted by molar-refractivity contribution is 0.304. The van der Waals surface area contributed by atoms with Gasteiger partial charge in [0, 0.05) is 5.56 Å². The second-order valence-electron chi connectivity index (χ2n) is 6.21. The van der Waals surface area contributed by atoms with Gasteiger partial charge in [0.15, 0.2) is 5.01 Å².